The lowest BCUT2D eigenvalue weighted by molar-refractivity contribution is -0.118. The average Bonchev–Trinajstić information content (AvgIpc) is 2.20. The van der Waals surface area contributed by atoms with Crippen LogP contribution in [0.2, 0.25) is 0 Å². The van der Waals surface area contributed by atoms with Crippen molar-refractivity contribution in [3.05, 3.63) is 12.4 Å². The molecule has 1 aromatic rings. The predicted molar refractivity (Wildman–Crippen MR) is 58.0 cm³/mol. The lowest BCUT2D eigenvalue weighted by Crippen LogP contribution is -2.11. The maximum absolute atomic E-state index is 10.4. The van der Waals surface area contributed by atoms with E-state index in [0.717, 1.165) is 19.4 Å². The van der Waals surface area contributed by atoms with Gasteiger partial charge < -0.3 is 16.8 Å². The fourth-order valence-corrected chi connectivity index (χ4v) is 1.05. The first-order valence-electron chi connectivity index (χ1n) is 4.78. The molecular weight excluding hydrogens is 194 g/mol. The molecule has 0 aliphatic heterocycles. The second-order valence-corrected chi connectivity index (χ2v) is 3.19. The van der Waals surface area contributed by atoms with Gasteiger partial charge in [-0.05, 0) is 12.8 Å². The number of unbranched alkanes of at least 4 members (excludes halogenated alkanes) is 1. The van der Waals surface area contributed by atoms with Crippen LogP contribution in [-0.2, 0) is 4.79 Å². The molecule has 5 N–H and O–H groups in total. The van der Waals surface area contributed by atoms with Crippen LogP contribution in [0.4, 0.5) is 11.6 Å². The van der Waals surface area contributed by atoms with Crippen molar-refractivity contribution >= 4 is 17.5 Å². The number of nitrogens with one attached hydrogen (secondary N) is 1. The molecule has 1 rings (SSSR count). The predicted octanol–water partition coefficient (Wildman–Crippen LogP) is 0.126. The van der Waals surface area contributed by atoms with Gasteiger partial charge in [-0.3, -0.25) is 4.79 Å². The van der Waals surface area contributed by atoms with Gasteiger partial charge in [0.15, 0.2) is 0 Å². The molecule has 0 aliphatic rings. The molecule has 15 heavy (non-hydrogen) atoms. The monoisotopic (exact) mass is 209 g/mol. The van der Waals surface area contributed by atoms with E-state index in [1.807, 2.05) is 0 Å². The SMILES string of the molecule is NC(=O)CCCCNc1ncc(N)cn1. The molecule has 0 saturated carbocycles. The molecule has 0 atom stereocenters. The Bertz CT molecular complexity index is 311. The van der Waals surface area contributed by atoms with Crippen LogP contribution in [0.15, 0.2) is 12.4 Å². The number of nitrogens with two attached hydrogens (primary N) is 2. The van der Waals surface area contributed by atoms with E-state index in [-0.39, 0.29) is 5.91 Å². The second kappa shape index (κ2) is 5.79. The van der Waals surface area contributed by atoms with Crippen LogP contribution in [0.1, 0.15) is 19.3 Å². The van der Waals surface area contributed by atoms with Crippen molar-refractivity contribution in [1.29, 1.82) is 0 Å². The maximum Gasteiger partial charge on any atom is 0.222 e. The number of amides is 1. The number of nitrogen functional groups attached to an aromatic ring is 1. The van der Waals surface area contributed by atoms with Crippen LogP contribution >= 0.6 is 0 Å². The molecule has 0 bridgehead atoms. The summed E-state index contributed by atoms with van der Waals surface area (Å²) in [6.45, 7) is 0.719. The van der Waals surface area contributed by atoms with Crippen molar-refractivity contribution in [3.63, 3.8) is 0 Å². The number of rotatable bonds is 6. The van der Waals surface area contributed by atoms with Crippen LogP contribution in [0.25, 0.3) is 0 Å². The van der Waals surface area contributed by atoms with Crippen molar-refractivity contribution in [3.8, 4) is 0 Å². The Labute approximate surface area is 88.1 Å². The Morgan fingerprint density at radius 2 is 2.00 bits per heavy atom. The van der Waals surface area contributed by atoms with Gasteiger partial charge >= 0.3 is 0 Å². The Balaban J connectivity index is 2.15. The molecule has 1 aromatic heterocycles. The van der Waals surface area contributed by atoms with E-state index < -0.39 is 0 Å². The van der Waals surface area contributed by atoms with Crippen molar-refractivity contribution < 1.29 is 4.79 Å². The standard InChI is InChI=1S/C9H15N5O/c10-7-5-13-9(14-6-7)12-4-2-1-3-8(11)15/h5-6H,1-4,10H2,(H2,11,15)(H,12,13,14). The first-order chi connectivity index (χ1) is 7.18. The van der Waals surface area contributed by atoms with E-state index in [1.54, 1.807) is 12.4 Å². The van der Waals surface area contributed by atoms with Crippen molar-refractivity contribution in [1.82, 2.24) is 9.97 Å². The summed E-state index contributed by atoms with van der Waals surface area (Å²) < 4.78 is 0. The largest absolute Gasteiger partial charge is 0.396 e. The molecular formula is C9H15N5O. The highest BCUT2D eigenvalue weighted by molar-refractivity contribution is 5.73. The first-order valence-corrected chi connectivity index (χ1v) is 4.78. The zero-order valence-corrected chi connectivity index (χ0v) is 8.44. The third kappa shape index (κ3) is 4.80. The minimum Gasteiger partial charge on any atom is -0.396 e. The van der Waals surface area contributed by atoms with Crippen LogP contribution in [0.3, 0.4) is 0 Å². The molecule has 0 fully saturated rings. The molecule has 6 nitrogen and oxygen atoms in total. The summed E-state index contributed by atoms with van der Waals surface area (Å²) in [5, 5.41) is 3.02. The van der Waals surface area contributed by atoms with Gasteiger partial charge in [0, 0.05) is 13.0 Å². The number of anilines is 2. The topological polar surface area (TPSA) is 107 Å². The van der Waals surface area contributed by atoms with E-state index in [1.165, 1.54) is 0 Å². The van der Waals surface area contributed by atoms with Crippen LogP contribution < -0.4 is 16.8 Å². The molecule has 0 unspecified atom stereocenters. The summed E-state index contributed by atoms with van der Waals surface area (Å²) in [5.74, 6) is 0.280. The Hall–Kier alpha value is -1.85. The zero-order valence-electron chi connectivity index (χ0n) is 8.44. The summed E-state index contributed by atoms with van der Waals surface area (Å²) in [6, 6.07) is 0. The fraction of sp³-hybridized carbons (Fsp3) is 0.444. The van der Waals surface area contributed by atoms with E-state index in [9.17, 15) is 4.79 Å². The van der Waals surface area contributed by atoms with Gasteiger partial charge in [0.1, 0.15) is 0 Å². The molecule has 0 aliphatic carbocycles. The van der Waals surface area contributed by atoms with E-state index in [2.05, 4.69) is 15.3 Å². The van der Waals surface area contributed by atoms with Crippen molar-refractivity contribution in [2.75, 3.05) is 17.6 Å². The quantitative estimate of drug-likeness (QED) is 0.577. The van der Waals surface area contributed by atoms with Gasteiger partial charge in [-0.15, -0.1) is 0 Å². The zero-order chi connectivity index (χ0) is 11.1. The average molecular weight is 209 g/mol. The molecule has 82 valence electrons. The van der Waals surface area contributed by atoms with Gasteiger partial charge in [0.05, 0.1) is 18.1 Å². The number of aromatic nitrogens is 2. The van der Waals surface area contributed by atoms with Gasteiger partial charge in [-0.2, -0.15) is 0 Å². The Kier molecular flexibility index (Phi) is 4.33. The van der Waals surface area contributed by atoms with Crippen molar-refractivity contribution in [2.24, 2.45) is 5.73 Å². The Morgan fingerprint density at radius 1 is 1.33 bits per heavy atom. The number of nitrogens with zero attached hydrogens (tertiary/aromatic N) is 2. The number of primary amides is 1. The first kappa shape index (κ1) is 11.2. The van der Waals surface area contributed by atoms with Gasteiger partial charge in [0.2, 0.25) is 11.9 Å². The minimum atomic E-state index is -0.265. The van der Waals surface area contributed by atoms with Gasteiger partial charge in [-0.1, -0.05) is 0 Å². The summed E-state index contributed by atoms with van der Waals surface area (Å²) >= 11 is 0. The number of hydrogen-bond donors (Lipinski definition) is 3. The van der Waals surface area contributed by atoms with E-state index in [0.29, 0.717) is 18.1 Å². The highest BCUT2D eigenvalue weighted by atomic mass is 16.1. The van der Waals surface area contributed by atoms with Gasteiger partial charge in [0.25, 0.3) is 0 Å². The number of hydrogen-bond acceptors (Lipinski definition) is 5. The van der Waals surface area contributed by atoms with Crippen LogP contribution in [0, 0.1) is 0 Å². The van der Waals surface area contributed by atoms with E-state index >= 15 is 0 Å². The van der Waals surface area contributed by atoms with Gasteiger partial charge in [-0.25, -0.2) is 9.97 Å². The number of carbonyl (C=O) groups excluding carboxylic acids is 1. The van der Waals surface area contributed by atoms with Crippen LogP contribution in [0.5, 0.6) is 0 Å². The van der Waals surface area contributed by atoms with Crippen molar-refractivity contribution in [2.45, 2.75) is 19.3 Å². The number of carbonyl (C=O) groups is 1. The minimum absolute atomic E-state index is 0.265. The lowest BCUT2D eigenvalue weighted by atomic mass is 10.2. The molecule has 0 aromatic carbocycles. The molecule has 0 saturated heterocycles. The normalized spacial score (nSPS) is 9.87. The second-order valence-electron chi connectivity index (χ2n) is 3.19. The molecule has 0 spiro atoms. The molecule has 0 radical (unpaired) electrons. The highest BCUT2D eigenvalue weighted by Crippen LogP contribution is 2.01. The summed E-state index contributed by atoms with van der Waals surface area (Å²) in [7, 11) is 0. The molecule has 1 heterocycles. The molecule has 6 heteroatoms. The molecule has 1 amide bonds. The summed E-state index contributed by atoms with van der Waals surface area (Å²) in [6.07, 6.45) is 5.13. The third-order valence-corrected chi connectivity index (χ3v) is 1.80. The highest BCUT2D eigenvalue weighted by Gasteiger charge is 1.96. The third-order valence-electron chi connectivity index (χ3n) is 1.80. The maximum atomic E-state index is 10.4. The smallest absolute Gasteiger partial charge is 0.222 e. The lowest BCUT2D eigenvalue weighted by Gasteiger charge is -2.03. The Morgan fingerprint density at radius 3 is 2.60 bits per heavy atom. The van der Waals surface area contributed by atoms with E-state index in [4.69, 9.17) is 11.5 Å². The van der Waals surface area contributed by atoms with Crippen LogP contribution in [-0.4, -0.2) is 22.4 Å². The fourth-order valence-electron chi connectivity index (χ4n) is 1.05. The summed E-state index contributed by atoms with van der Waals surface area (Å²) in [4.78, 5) is 18.4. The summed E-state index contributed by atoms with van der Waals surface area (Å²) in [5.41, 5.74) is 11.0.